The van der Waals surface area contributed by atoms with Crippen molar-refractivity contribution in [2.24, 2.45) is 11.8 Å². The molecule has 3 aromatic carbocycles. The molecule has 1 aliphatic rings. The first-order valence-electron chi connectivity index (χ1n) is 41.3. The maximum atomic E-state index is 5.48. The molecule has 0 bridgehead atoms. The average molecular weight is 1840 g/mol. The van der Waals surface area contributed by atoms with E-state index in [2.05, 4.69) is 298 Å². The van der Waals surface area contributed by atoms with Crippen molar-refractivity contribution < 1.29 is 0 Å². The number of aromatic nitrogens is 4. The topological polar surface area (TPSA) is 51.6 Å². The number of rotatable bonds is 38. The van der Waals surface area contributed by atoms with Crippen LogP contribution in [0.3, 0.4) is 0 Å². The molecule has 0 saturated carbocycles. The molecular formula is C97H107Br2N4PS10. The highest BCUT2D eigenvalue weighted by atomic mass is 79.9. The van der Waals surface area contributed by atoms with Crippen molar-refractivity contribution in [1.29, 1.82) is 0 Å². The number of unbranched alkanes of at least 4 members (excludes halogenated alkanes) is 11. The van der Waals surface area contributed by atoms with Crippen LogP contribution in [0.15, 0.2) is 189 Å². The van der Waals surface area contributed by atoms with Crippen molar-refractivity contribution in [2.75, 3.05) is 0 Å². The van der Waals surface area contributed by atoms with E-state index in [1.54, 1.807) is 66.2 Å². The molecule has 0 N–H and O–H groups in total. The summed E-state index contributed by atoms with van der Waals surface area (Å²) in [4.78, 5) is 40.1. The lowest BCUT2D eigenvalue weighted by Crippen LogP contribution is -2.31. The molecule has 1 aliphatic carbocycles. The Morgan fingerprint density at radius 1 is 0.386 bits per heavy atom. The number of thiazole rings is 4. The summed E-state index contributed by atoms with van der Waals surface area (Å²) in [5, 5.41) is 8.31. The van der Waals surface area contributed by atoms with Gasteiger partial charge in [0.1, 0.15) is 0 Å². The average Bonchev–Trinajstić information content (AvgIpc) is 1.54. The van der Waals surface area contributed by atoms with Crippen LogP contribution >= 0.6 is 153 Å². The number of thiophene rings is 6. The Labute approximate surface area is 738 Å². The van der Waals surface area contributed by atoms with Crippen molar-refractivity contribution in [3.8, 4) is 78.6 Å². The summed E-state index contributed by atoms with van der Waals surface area (Å²) >= 11 is 25.9. The lowest BCUT2D eigenvalue weighted by Gasteiger charge is -2.37. The minimum atomic E-state index is -0.446. The fourth-order valence-electron chi connectivity index (χ4n) is 15.3. The van der Waals surface area contributed by atoms with Crippen molar-refractivity contribution in [3.63, 3.8) is 0 Å². The Balaban J connectivity index is 0.000000187. The first-order chi connectivity index (χ1) is 55.8. The summed E-state index contributed by atoms with van der Waals surface area (Å²) in [5.74, 6) is 1.52. The number of hydrogen-bond donors (Lipinski definition) is 0. The van der Waals surface area contributed by atoms with Gasteiger partial charge in [0.2, 0.25) is 0 Å². The molecule has 0 radical (unpaired) electrons. The molecule has 10 heterocycles. The van der Waals surface area contributed by atoms with Crippen LogP contribution in [-0.4, -0.2) is 19.9 Å². The minimum absolute atomic E-state index is 0.120. The molecule has 14 rings (SSSR count). The van der Waals surface area contributed by atoms with Crippen molar-refractivity contribution >= 4 is 175 Å². The van der Waals surface area contributed by atoms with E-state index in [4.69, 9.17) is 19.9 Å². The Kier molecular flexibility index (Phi) is 34.4. The Bertz CT molecular complexity index is 5200. The third-order valence-corrected chi connectivity index (χ3v) is 36.9. The highest BCUT2D eigenvalue weighted by molar-refractivity contribution is 9.11. The number of fused-ring (bicyclic) bond motifs is 3. The Morgan fingerprint density at radius 2 is 0.798 bits per heavy atom. The summed E-state index contributed by atoms with van der Waals surface area (Å²) < 4.78 is 2.22. The smallest absolute Gasteiger partial charge is 0.153 e. The molecule has 10 aromatic heterocycles. The van der Waals surface area contributed by atoms with Crippen LogP contribution in [0.5, 0.6) is 0 Å². The fourth-order valence-corrected chi connectivity index (χ4v) is 29.8. The van der Waals surface area contributed by atoms with Crippen LogP contribution in [0, 0.1) is 25.7 Å². The standard InChI is InChI=1S/C53H72N2S6.C26H20Br2N2S4.C18H15P/c1-9-15-19-21-25-41-49(44-28-27-35(7)56-44)60-51(54-41)52-55-42(26-22-20-16-10-2)50(61-52)45-30-29-43(58-45)46-32-40-48(59-46)47-39(31-36(8)57-47)53(40,33-37(13-5)23-17-11-3)34-38(14-6)24-18-12-4;1-3-5-7-9-11-17-23(19-13-15-21(27)31-19)33-25(29-17)26-30-18(12-10-8-6-4-2)24(34-26)20-14-16-22(28)32-20;1-4-10-16(11-5-1)19(17-12-6-2-7-13-17)18-14-8-3-9-15-18/h27-32,37-38H,9-26,33-34H2,1-8H3;11,13-16H,1,4,6,8,10,12H2,2H3;1-15H. The molecule has 2 unspecified atom stereocenters. The molecule has 2 atom stereocenters. The summed E-state index contributed by atoms with van der Waals surface area (Å²) in [6.45, 7) is 24.6. The van der Waals surface area contributed by atoms with Crippen molar-refractivity contribution in [3.05, 3.63) is 232 Å². The number of halogens is 2. The monoisotopic (exact) mass is 1840 g/mol. The van der Waals surface area contributed by atoms with Gasteiger partial charge in [-0.3, -0.25) is 0 Å². The number of nitrogens with zero attached hydrogens (tertiary/aromatic N) is 4. The summed E-state index contributed by atoms with van der Waals surface area (Å²) in [5.41, 5.74) is 19.1. The van der Waals surface area contributed by atoms with Crippen LogP contribution in [-0.2, 0) is 24.7 Å². The highest BCUT2D eigenvalue weighted by Gasteiger charge is 2.48. The summed E-state index contributed by atoms with van der Waals surface area (Å²) in [6.07, 6.45) is 33.0. The largest absolute Gasteiger partial charge is 0.238 e. The Hall–Kier alpha value is -5.37. The number of benzene rings is 3. The van der Waals surface area contributed by atoms with Gasteiger partial charge < -0.3 is 0 Å². The Morgan fingerprint density at radius 3 is 1.24 bits per heavy atom. The predicted octanol–water partition coefficient (Wildman–Crippen LogP) is 33.9. The molecule has 0 aliphatic heterocycles. The van der Waals surface area contributed by atoms with Crippen molar-refractivity contribution in [2.45, 2.75) is 228 Å². The minimum Gasteiger partial charge on any atom is -0.238 e. The van der Waals surface area contributed by atoms with E-state index in [9.17, 15) is 0 Å². The first-order valence-corrected chi connectivity index (χ1v) is 52.4. The summed E-state index contributed by atoms with van der Waals surface area (Å²) in [6, 6.07) is 55.5. The second kappa shape index (κ2) is 44.6. The van der Waals surface area contributed by atoms with Gasteiger partial charge in [0.15, 0.2) is 20.0 Å². The molecule has 0 spiro atoms. The molecule has 13 aromatic rings. The van der Waals surface area contributed by atoms with Gasteiger partial charge in [-0.05, 0) is 223 Å². The van der Waals surface area contributed by atoms with Gasteiger partial charge in [0.25, 0.3) is 0 Å². The van der Waals surface area contributed by atoms with Crippen LogP contribution < -0.4 is 15.9 Å². The molecule has 0 fully saturated rings. The van der Waals surface area contributed by atoms with Gasteiger partial charge in [-0.25, -0.2) is 19.9 Å². The molecule has 594 valence electrons. The zero-order valence-corrected chi connectivity index (χ0v) is 79.9. The first kappa shape index (κ1) is 87.9. The quantitative estimate of drug-likeness (QED) is 0.0220. The molecule has 17 heteroatoms. The van der Waals surface area contributed by atoms with E-state index < -0.39 is 7.92 Å². The maximum Gasteiger partial charge on any atom is 0.153 e. The van der Waals surface area contributed by atoms with Gasteiger partial charge in [0, 0.05) is 60.3 Å². The van der Waals surface area contributed by atoms with Gasteiger partial charge >= 0.3 is 0 Å². The van der Waals surface area contributed by atoms with E-state index >= 15 is 0 Å². The van der Waals surface area contributed by atoms with Gasteiger partial charge in [-0.2, -0.15) is 0 Å². The molecule has 0 saturated heterocycles. The normalized spacial score (nSPS) is 13.3. The fraction of sp³-hybridized carbons (Fsp3) is 0.381. The highest BCUT2D eigenvalue weighted by Crippen LogP contribution is 2.63. The third-order valence-electron chi connectivity index (χ3n) is 21.2. The number of aryl methyl sites for hydroxylation is 5. The SMILES string of the molecule is C=C=C=C=C=Cc1nc(-c2nc(CCCCCC)c(-c3ccc(Br)s3)s2)sc1-c1ccc(Br)s1.CCCCCCc1nc(-c2nc(CCCCCC)c(-c3ccc(-c4cc5c(s4)-c4sc(C)cc4C5(CC(CC)CCCC)CC(CC)CCCC)s3)s2)sc1-c1ccc(C)s1.c1ccc(P(c2ccccc2)c2ccccc2)cc1. The van der Waals surface area contributed by atoms with E-state index in [1.807, 2.05) is 51.4 Å². The zero-order chi connectivity index (χ0) is 79.8. The predicted molar refractivity (Wildman–Crippen MR) is 521 cm³/mol. The van der Waals surface area contributed by atoms with Crippen LogP contribution in [0.4, 0.5) is 0 Å². The maximum absolute atomic E-state index is 5.48. The molecular weight excluding hydrogens is 1730 g/mol. The van der Waals surface area contributed by atoms with E-state index in [1.165, 1.54) is 217 Å². The lowest BCUT2D eigenvalue weighted by molar-refractivity contribution is 0.266. The zero-order valence-electron chi connectivity index (χ0n) is 67.6. The third kappa shape index (κ3) is 22.8. The van der Waals surface area contributed by atoms with Crippen LogP contribution in [0.1, 0.15) is 233 Å². The number of hydrogen-bond acceptors (Lipinski definition) is 14. The van der Waals surface area contributed by atoms with Gasteiger partial charge in [-0.1, -0.05) is 260 Å². The molecule has 114 heavy (non-hydrogen) atoms. The van der Waals surface area contributed by atoms with Crippen LogP contribution in [0.25, 0.3) is 84.6 Å². The van der Waals surface area contributed by atoms with Crippen LogP contribution in [0.2, 0.25) is 0 Å². The van der Waals surface area contributed by atoms with E-state index in [0.717, 1.165) is 80.6 Å². The van der Waals surface area contributed by atoms with E-state index in [0.29, 0.717) is 0 Å². The van der Waals surface area contributed by atoms with Crippen molar-refractivity contribution in [1.82, 2.24) is 19.9 Å². The second-order valence-electron chi connectivity index (χ2n) is 29.7. The van der Waals surface area contributed by atoms with Gasteiger partial charge in [-0.15, -0.1) is 113 Å². The molecule has 4 nitrogen and oxygen atoms in total. The molecule has 0 amide bonds. The lowest BCUT2D eigenvalue weighted by atomic mass is 9.65. The van der Waals surface area contributed by atoms with Gasteiger partial charge in [0.05, 0.1) is 49.9 Å². The van der Waals surface area contributed by atoms with E-state index in [-0.39, 0.29) is 5.41 Å². The summed E-state index contributed by atoms with van der Waals surface area (Å²) in [7, 11) is -0.446. The second-order valence-corrected chi connectivity index (χ2v) is 45.5.